The monoisotopic (exact) mass is 1000 g/mol. The fourth-order valence-electron chi connectivity index (χ4n) is 12.0. The van der Waals surface area contributed by atoms with E-state index in [1.165, 1.54) is 94.2 Å². The summed E-state index contributed by atoms with van der Waals surface area (Å²) < 4.78 is 0. The van der Waals surface area contributed by atoms with Crippen LogP contribution in [0.4, 0.5) is 17.1 Å². The minimum absolute atomic E-state index is 0.0274. The van der Waals surface area contributed by atoms with Crippen molar-refractivity contribution < 1.29 is 0 Å². The second kappa shape index (κ2) is 19.1. The molecule has 1 nitrogen and oxygen atoms in total. The van der Waals surface area contributed by atoms with E-state index in [1.807, 2.05) is 0 Å². The average molecular weight is 1000 g/mol. The van der Waals surface area contributed by atoms with Crippen LogP contribution in [0.2, 0.25) is 0 Å². The summed E-state index contributed by atoms with van der Waals surface area (Å²) in [7, 11) is 0. The number of nitrogens with zero attached hydrogens (tertiary/aromatic N) is 1. The lowest BCUT2D eigenvalue weighted by atomic mass is 9.74. The van der Waals surface area contributed by atoms with E-state index in [2.05, 4.69) is 313 Å². The molecular weight excluding hydrogens is 927 g/mol. The maximum Gasteiger partial charge on any atom is 0.0540 e. The normalized spacial score (nSPS) is 14.6. The van der Waals surface area contributed by atoms with Crippen LogP contribution in [0.1, 0.15) is 129 Å². The standard InChI is InChI=1S/C76H75N/c1-72(2,3)55-43-52(44-56(48-55)73(4,5)6)60-32-19-23-39-69(60)77(68-38-22-18-31-59(68)51-41-42-63-62-33-17-21-37-66(62)76(13,67(63)47-51)54-29-15-14-16-30-54)70-40-24-20-34-64(70)65-36-26-28-50-27-25-35-61(71(50)65)53-45-57(74(7,8)9)49-58(46-53)75(10,11)12/h14-49H,1-13H3. The van der Waals surface area contributed by atoms with Crippen molar-refractivity contribution in [2.45, 2.75) is 117 Å². The summed E-state index contributed by atoms with van der Waals surface area (Å²) in [6, 6.07) is 83.1. The highest BCUT2D eigenvalue weighted by Gasteiger charge is 2.41. The van der Waals surface area contributed by atoms with Gasteiger partial charge in [-0.05, 0) is 142 Å². The molecule has 11 rings (SSSR count). The number of rotatable bonds is 8. The van der Waals surface area contributed by atoms with Crippen LogP contribution in [-0.4, -0.2) is 0 Å². The average Bonchev–Trinajstić information content (AvgIpc) is 3.67. The van der Waals surface area contributed by atoms with Gasteiger partial charge in [-0.2, -0.15) is 0 Å². The third-order valence-corrected chi connectivity index (χ3v) is 16.6. The minimum atomic E-state index is -0.341. The van der Waals surface area contributed by atoms with Crippen LogP contribution in [0, 0.1) is 0 Å². The predicted molar refractivity (Wildman–Crippen MR) is 333 cm³/mol. The van der Waals surface area contributed by atoms with E-state index in [-0.39, 0.29) is 27.1 Å². The van der Waals surface area contributed by atoms with Crippen LogP contribution in [0.25, 0.3) is 66.4 Å². The zero-order valence-corrected chi connectivity index (χ0v) is 47.7. The molecule has 77 heavy (non-hydrogen) atoms. The Kier molecular flexibility index (Phi) is 12.7. The summed E-state index contributed by atoms with van der Waals surface area (Å²) in [6.45, 7) is 30.4. The van der Waals surface area contributed by atoms with Crippen molar-refractivity contribution in [1.29, 1.82) is 0 Å². The summed E-state index contributed by atoms with van der Waals surface area (Å²) in [4.78, 5) is 2.58. The molecule has 0 N–H and O–H groups in total. The number of benzene rings is 10. The molecule has 0 heterocycles. The van der Waals surface area contributed by atoms with Crippen LogP contribution in [0.3, 0.4) is 0 Å². The molecule has 1 heteroatoms. The van der Waals surface area contributed by atoms with Crippen LogP contribution < -0.4 is 4.90 Å². The highest BCUT2D eigenvalue weighted by Crippen LogP contribution is 2.55. The molecule has 1 unspecified atom stereocenters. The molecule has 1 aliphatic rings. The molecule has 0 aliphatic heterocycles. The molecule has 0 saturated carbocycles. The van der Waals surface area contributed by atoms with Gasteiger partial charge in [-0.1, -0.05) is 277 Å². The largest absolute Gasteiger partial charge is 0.309 e. The number of hydrogen-bond donors (Lipinski definition) is 0. The van der Waals surface area contributed by atoms with Crippen molar-refractivity contribution in [1.82, 2.24) is 0 Å². The number of para-hydroxylation sites is 3. The second-order valence-electron chi connectivity index (χ2n) is 26.0. The van der Waals surface area contributed by atoms with Gasteiger partial charge in [0.2, 0.25) is 0 Å². The van der Waals surface area contributed by atoms with Gasteiger partial charge in [0.05, 0.1) is 17.1 Å². The quantitative estimate of drug-likeness (QED) is 0.147. The SMILES string of the molecule is CC(C)(C)c1cc(-c2ccccc2N(c2ccccc2-c2ccc3c(c2)C(C)(c2ccccc2)c2ccccc2-3)c2ccccc2-c2cccc3cccc(-c4cc(C(C)(C)C)cc(C(C)(C)C)c4)c23)cc(C(C)(C)C)c1. The molecule has 1 aliphatic carbocycles. The third-order valence-electron chi connectivity index (χ3n) is 16.6. The summed E-state index contributed by atoms with van der Waals surface area (Å²) >= 11 is 0. The van der Waals surface area contributed by atoms with Crippen molar-refractivity contribution in [2.24, 2.45) is 0 Å². The minimum Gasteiger partial charge on any atom is -0.309 e. The van der Waals surface area contributed by atoms with Crippen molar-refractivity contribution in [3.05, 3.63) is 257 Å². The lowest BCUT2D eigenvalue weighted by Crippen LogP contribution is -2.22. The van der Waals surface area contributed by atoms with Crippen LogP contribution in [-0.2, 0) is 27.1 Å². The molecule has 10 aromatic carbocycles. The fraction of sp³-hybridized carbons (Fsp3) is 0.237. The lowest BCUT2D eigenvalue weighted by Gasteiger charge is -2.33. The molecule has 1 atom stereocenters. The molecule has 0 aromatic heterocycles. The van der Waals surface area contributed by atoms with Crippen LogP contribution >= 0.6 is 0 Å². The van der Waals surface area contributed by atoms with E-state index in [4.69, 9.17) is 0 Å². The first-order valence-electron chi connectivity index (χ1n) is 27.8. The predicted octanol–water partition coefficient (Wildman–Crippen LogP) is 21.5. The van der Waals surface area contributed by atoms with Crippen LogP contribution in [0.5, 0.6) is 0 Å². The Bertz CT molecular complexity index is 3790. The first-order chi connectivity index (χ1) is 36.6. The van der Waals surface area contributed by atoms with Gasteiger partial charge in [-0.25, -0.2) is 0 Å². The molecule has 10 aromatic rings. The fourth-order valence-corrected chi connectivity index (χ4v) is 12.0. The summed E-state index contributed by atoms with van der Waals surface area (Å²) in [5.74, 6) is 0. The summed E-state index contributed by atoms with van der Waals surface area (Å²) in [5.41, 5.74) is 24.3. The highest BCUT2D eigenvalue weighted by atomic mass is 15.1. The second-order valence-corrected chi connectivity index (χ2v) is 26.0. The first-order valence-corrected chi connectivity index (χ1v) is 27.8. The van der Waals surface area contributed by atoms with Crippen molar-refractivity contribution in [2.75, 3.05) is 4.90 Å². The van der Waals surface area contributed by atoms with Gasteiger partial charge in [0.15, 0.2) is 0 Å². The van der Waals surface area contributed by atoms with Crippen molar-refractivity contribution in [3.8, 4) is 55.6 Å². The van der Waals surface area contributed by atoms with E-state index in [0.29, 0.717) is 0 Å². The smallest absolute Gasteiger partial charge is 0.0540 e. The maximum atomic E-state index is 2.58. The van der Waals surface area contributed by atoms with Crippen LogP contribution in [0.15, 0.2) is 218 Å². The number of fused-ring (bicyclic) bond motifs is 4. The molecule has 0 spiro atoms. The maximum absolute atomic E-state index is 2.58. The topological polar surface area (TPSA) is 3.24 Å². The molecule has 0 radical (unpaired) electrons. The molecule has 0 amide bonds. The van der Waals surface area contributed by atoms with E-state index >= 15 is 0 Å². The molecule has 0 saturated heterocycles. The third kappa shape index (κ3) is 9.33. The van der Waals surface area contributed by atoms with E-state index in [1.54, 1.807) is 0 Å². The Labute approximate surface area is 460 Å². The Morgan fingerprint density at radius 3 is 1.19 bits per heavy atom. The number of anilines is 3. The Morgan fingerprint density at radius 1 is 0.286 bits per heavy atom. The van der Waals surface area contributed by atoms with Crippen molar-refractivity contribution >= 4 is 27.8 Å². The Morgan fingerprint density at radius 2 is 0.675 bits per heavy atom. The van der Waals surface area contributed by atoms with Gasteiger partial charge < -0.3 is 4.90 Å². The zero-order chi connectivity index (χ0) is 54.2. The van der Waals surface area contributed by atoms with Gasteiger partial charge in [-0.3, -0.25) is 0 Å². The number of hydrogen-bond acceptors (Lipinski definition) is 1. The zero-order valence-electron chi connectivity index (χ0n) is 47.7. The van der Waals surface area contributed by atoms with Gasteiger partial charge in [0.1, 0.15) is 0 Å². The highest BCUT2D eigenvalue weighted by molar-refractivity contribution is 6.10. The van der Waals surface area contributed by atoms with Gasteiger partial charge in [0, 0.05) is 22.1 Å². The van der Waals surface area contributed by atoms with Gasteiger partial charge >= 0.3 is 0 Å². The Hall–Kier alpha value is -7.74. The summed E-state index contributed by atoms with van der Waals surface area (Å²) in [5, 5.41) is 2.47. The van der Waals surface area contributed by atoms with E-state index in [0.717, 1.165) is 28.2 Å². The van der Waals surface area contributed by atoms with Gasteiger partial charge in [-0.15, -0.1) is 0 Å². The van der Waals surface area contributed by atoms with Crippen molar-refractivity contribution in [3.63, 3.8) is 0 Å². The lowest BCUT2D eigenvalue weighted by molar-refractivity contribution is 0.568. The molecule has 0 fully saturated rings. The van der Waals surface area contributed by atoms with E-state index in [9.17, 15) is 0 Å². The Balaban J connectivity index is 1.20. The van der Waals surface area contributed by atoms with Gasteiger partial charge in [0.25, 0.3) is 0 Å². The molecular formula is C76H75N. The first kappa shape index (κ1) is 51.4. The molecule has 0 bridgehead atoms. The summed E-state index contributed by atoms with van der Waals surface area (Å²) in [6.07, 6.45) is 0. The van der Waals surface area contributed by atoms with E-state index < -0.39 is 0 Å². The molecule has 384 valence electrons.